The van der Waals surface area contributed by atoms with E-state index in [9.17, 15) is 0 Å². The van der Waals surface area contributed by atoms with Crippen molar-refractivity contribution < 1.29 is 16.9 Å². The molecule has 0 fully saturated rings. The first-order chi connectivity index (χ1) is 12.1. The smallest absolute Gasteiger partial charge is 0.0972 e. The van der Waals surface area contributed by atoms with E-state index in [1.807, 2.05) is 6.08 Å². The molecule has 0 aliphatic carbocycles. The highest BCUT2D eigenvalue weighted by atomic mass is 35.5. The fourth-order valence-corrected chi connectivity index (χ4v) is 3.36. The van der Waals surface area contributed by atoms with Gasteiger partial charge in [-0.1, -0.05) is 103 Å². The Balaban J connectivity index is 0. The summed E-state index contributed by atoms with van der Waals surface area (Å²) in [5.41, 5.74) is 0. The molecule has 0 aliphatic rings. The predicted molar refractivity (Wildman–Crippen MR) is 116 cm³/mol. The lowest BCUT2D eigenvalue weighted by Crippen LogP contribution is -3.00. The Hall–Kier alpha value is -0.270. The van der Waals surface area contributed by atoms with Crippen LogP contribution in [0.5, 0.6) is 0 Å². The lowest BCUT2D eigenvalue weighted by molar-refractivity contribution is -0.878. The van der Waals surface area contributed by atoms with E-state index >= 15 is 0 Å². The summed E-state index contributed by atoms with van der Waals surface area (Å²) in [6.45, 7) is 8.29. The highest BCUT2D eigenvalue weighted by Gasteiger charge is 2.08. The second kappa shape index (κ2) is 21.0. The molecule has 2 heteroatoms. The minimum absolute atomic E-state index is 0. The van der Waals surface area contributed by atoms with Gasteiger partial charge in [-0.2, -0.15) is 0 Å². The van der Waals surface area contributed by atoms with Crippen LogP contribution in [0.2, 0.25) is 0 Å². The number of allylic oxidation sites excluding steroid dienone is 1. The molecule has 0 aromatic rings. The van der Waals surface area contributed by atoms with Crippen molar-refractivity contribution in [3.63, 3.8) is 0 Å². The van der Waals surface area contributed by atoms with Crippen LogP contribution in [0.3, 0.4) is 0 Å². The van der Waals surface area contributed by atoms with Gasteiger partial charge in [0.25, 0.3) is 0 Å². The van der Waals surface area contributed by atoms with Gasteiger partial charge in [0.05, 0.1) is 27.2 Å². The van der Waals surface area contributed by atoms with Gasteiger partial charge in [-0.05, 0) is 25.0 Å². The second-order valence-corrected chi connectivity index (χ2v) is 8.45. The van der Waals surface area contributed by atoms with Crippen LogP contribution in [-0.2, 0) is 0 Å². The Morgan fingerprint density at radius 2 is 1.04 bits per heavy atom. The van der Waals surface area contributed by atoms with Crippen LogP contribution in [0, 0.1) is 0 Å². The number of hydrogen-bond donors (Lipinski definition) is 0. The van der Waals surface area contributed by atoms with Gasteiger partial charge in [0.1, 0.15) is 0 Å². The summed E-state index contributed by atoms with van der Waals surface area (Å²) in [6, 6.07) is 0. The standard InChI is InChI=1S/C24H48N.ClH/c1-5-7-8-9-10-11-12-13-14-15-16-17-18-19-20-21-22-24-25(3,4)23-6-2;/h6,21-22H,2,5,7-20,23-24H2,1,3-4H3;1H/q+1;/p-1. The molecule has 0 spiro atoms. The number of rotatable bonds is 19. The molecule has 26 heavy (non-hydrogen) atoms. The largest absolute Gasteiger partial charge is 1.00 e. The third kappa shape index (κ3) is 21.8. The molecule has 0 heterocycles. The summed E-state index contributed by atoms with van der Waals surface area (Å²) in [6.07, 6.45) is 28.2. The van der Waals surface area contributed by atoms with Crippen LogP contribution in [-0.4, -0.2) is 31.7 Å². The molecular formula is C24H48ClN. The number of halogens is 1. The molecule has 1 nitrogen and oxygen atoms in total. The lowest BCUT2D eigenvalue weighted by Gasteiger charge is -2.26. The maximum atomic E-state index is 3.83. The molecule has 0 aliphatic heterocycles. The summed E-state index contributed by atoms with van der Waals surface area (Å²) in [5, 5.41) is 0. The summed E-state index contributed by atoms with van der Waals surface area (Å²) in [5.74, 6) is 0. The Morgan fingerprint density at radius 3 is 1.46 bits per heavy atom. The van der Waals surface area contributed by atoms with Crippen LogP contribution >= 0.6 is 0 Å². The molecule has 0 atom stereocenters. The Labute approximate surface area is 172 Å². The van der Waals surface area contributed by atoms with E-state index in [1.54, 1.807) is 0 Å². The van der Waals surface area contributed by atoms with E-state index in [2.05, 4.69) is 39.8 Å². The van der Waals surface area contributed by atoms with Gasteiger partial charge >= 0.3 is 0 Å². The van der Waals surface area contributed by atoms with E-state index < -0.39 is 0 Å². The van der Waals surface area contributed by atoms with Crippen LogP contribution in [0.1, 0.15) is 103 Å². The molecule has 0 aromatic carbocycles. The van der Waals surface area contributed by atoms with Crippen molar-refractivity contribution in [3.05, 3.63) is 24.8 Å². The third-order valence-corrected chi connectivity index (χ3v) is 5.11. The van der Waals surface area contributed by atoms with Crippen molar-refractivity contribution >= 4 is 0 Å². The molecule has 0 radical (unpaired) electrons. The maximum Gasteiger partial charge on any atom is 0.0972 e. The third-order valence-electron chi connectivity index (χ3n) is 5.11. The Kier molecular flexibility index (Phi) is 22.6. The first-order valence-corrected chi connectivity index (χ1v) is 11.2. The highest BCUT2D eigenvalue weighted by molar-refractivity contribution is 4.82. The molecule has 0 saturated heterocycles. The van der Waals surface area contributed by atoms with Crippen molar-refractivity contribution in [2.75, 3.05) is 27.2 Å². The maximum absolute atomic E-state index is 3.83. The summed E-state index contributed by atoms with van der Waals surface area (Å²) in [7, 11) is 4.52. The molecule has 0 rings (SSSR count). The van der Waals surface area contributed by atoms with E-state index in [0.717, 1.165) is 17.6 Å². The van der Waals surface area contributed by atoms with Gasteiger partial charge < -0.3 is 16.9 Å². The zero-order valence-electron chi connectivity index (χ0n) is 18.3. The molecule has 0 unspecified atom stereocenters. The van der Waals surface area contributed by atoms with Crippen molar-refractivity contribution in [1.29, 1.82) is 0 Å². The topological polar surface area (TPSA) is 0 Å². The van der Waals surface area contributed by atoms with E-state index in [1.165, 1.54) is 96.3 Å². The molecule has 156 valence electrons. The number of likely N-dealkylation sites (N-methyl/N-ethyl adjacent to an activating group) is 1. The average Bonchev–Trinajstić information content (AvgIpc) is 2.57. The lowest BCUT2D eigenvalue weighted by atomic mass is 10.0. The first kappa shape index (κ1) is 27.9. The van der Waals surface area contributed by atoms with Gasteiger partial charge in [-0.15, -0.1) is 0 Å². The van der Waals surface area contributed by atoms with Gasteiger partial charge in [0.15, 0.2) is 0 Å². The molecular weight excluding hydrogens is 338 g/mol. The SMILES string of the molecule is C=CC[N+](C)(C)CC=CCCCCCCCCCCCCCCCC.[Cl-]. The highest BCUT2D eigenvalue weighted by Crippen LogP contribution is 2.13. The quantitative estimate of drug-likeness (QED) is 0.172. The van der Waals surface area contributed by atoms with Crippen molar-refractivity contribution in [2.24, 2.45) is 0 Å². The minimum Gasteiger partial charge on any atom is -1.00 e. The summed E-state index contributed by atoms with van der Waals surface area (Å²) in [4.78, 5) is 0. The molecule has 0 aromatic heterocycles. The van der Waals surface area contributed by atoms with Gasteiger partial charge in [-0.3, -0.25) is 0 Å². The minimum atomic E-state index is 0. The number of quaternary nitrogens is 1. The Morgan fingerprint density at radius 1 is 0.615 bits per heavy atom. The van der Waals surface area contributed by atoms with Gasteiger partial charge in [0, 0.05) is 0 Å². The number of hydrogen-bond acceptors (Lipinski definition) is 0. The Bertz CT molecular complexity index is 309. The summed E-state index contributed by atoms with van der Waals surface area (Å²) < 4.78 is 1.01. The number of nitrogens with zero attached hydrogens (tertiary/aromatic N) is 1. The van der Waals surface area contributed by atoms with Gasteiger partial charge in [-0.25, -0.2) is 0 Å². The van der Waals surface area contributed by atoms with Crippen LogP contribution in [0.15, 0.2) is 24.8 Å². The van der Waals surface area contributed by atoms with Crippen molar-refractivity contribution in [3.8, 4) is 0 Å². The van der Waals surface area contributed by atoms with Crippen LogP contribution < -0.4 is 12.4 Å². The first-order valence-electron chi connectivity index (χ1n) is 11.2. The van der Waals surface area contributed by atoms with Crippen molar-refractivity contribution in [1.82, 2.24) is 0 Å². The molecule has 0 amide bonds. The fraction of sp³-hybridized carbons (Fsp3) is 0.833. The van der Waals surface area contributed by atoms with Gasteiger partial charge in [0.2, 0.25) is 0 Å². The van der Waals surface area contributed by atoms with E-state index in [0.29, 0.717) is 0 Å². The second-order valence-electron chi connectivity index (χ2n) is 8.45. The summed E-state index contributed by atoms with van der Waals surface area (Å²) >= 11 is 0. The monoisotopic (exact) mass is 385 g/mol. The average molecular weight is 386 g/mol. The fourth-order valence-electron chi connectivity index (χ4n) is 3.36. The van der Waals surface area contributed by atoms with Crippen LogP contribution in [0.25, 0.3) is 0 Å². The molecule has 0 bridgehead atoms. The van der Waals surface area contributed by atoms with Crippen LogP contribution in [0.4, 0.5) is 0 Å². The van der Waals surface area contributed by atoms with Crippen molar-refractivity contribution in [2.45, 2.75) is 103 Å². The molecule has 0 saturated carbocycles. The van der Waals surface area contributed by atoms with E-state index in [-0.39, 0.29) is 12.4 Å². The predicted octanol–water partition coefficient (Wildman–Crippen LogP) is 4.68. The number of unbranched alkanes of at least 4 members (excludes halogenated alkanes) is 14. The van der Waals surface area contributed by atoms with E-state index in [4.69, 9.17) is 0 Å². The zero-order valence-corrected chi connectivity index (χ0v) is 19.0. The normalized spacial score (nSPS) is 11.7. The molecule has 0 N–H and O–H groups in total. The zero-order chi connectivity index (χ0) is 18.6.